The normalized spacial score (nSPS) is 10.8. The molecule has 6 heteroatoms. The highest BCUT2D eigenvalue weighted by atomic mass is 32.1. The molecule has 2 N–H and O–H groups in total. The van der Waals surface area contributed by atoms with Crippen molar-refractivity contribution >= 4 is 11.3 Å². The minimum absolute atomic E-state index is 0.0408. The summed E-state index contributed by atoms with van der Waals surface area (Å²) < 4.78 is 26.9. The summed E-state index contributed by atoms with van der Waals surface area (Å²) in [5, 5.41) is 9.39. The van der Waals surface area contributed by atoms with Gasteiger partial charge in [0.25, 0.3) is 0 Å². The van der Waals surface area contributed by atoms with Gasteiger partial charge in [-0.3, -0.25) is 0 Å². The van der Waals surface area contributed by atoms with Gasteiger partial charge in [0, 0.05) is 18.4 Å². The third kappa shape index (κ3) is 3.08. The topological polar surface area (TPSA) is 51.8 Å². The summed E-state index contributed by atoms with van der Waals surface area (Å²) in [6.07, 6.45) is 1.73. The lowest BCUT2D eigenvalue weighted by atomic mass is 10.1. The van der Waals surface area contributed by atoms with Gasteiger partial charge in [-0.25, -0.2) is 8.78 Å². The van der Waals surface area contributed by atoms with Crippen LogP contribution >= 0.6 is 11.3 Å². The van der Waals surface area contributed by atoms with E-state index in [1.54, 1.807) is 0 Å². The number of hydrogen-bond acceptors (Lipinski definition) is 4. The Kier molecular flexibility index (Phi) is 4.33. The van der Waals surface area contributed by atoms with Crippen molar-refractivity contribution in [2.24, 2.45) is 5.73 Å². The minimum Gasteiger partial charge on any atom is -0.330 e. The Labute approximate surface area is 108 Å². The van der Waals surface area contributed by atoms with Crippen LogP contribution in [0.25, 0.3) is 0 Å². The molecule has 0 radical (unpaired) electrons. The Morgan fingerprint density at radius 2 is 1.78 bits per heavy atom. The van der Waals surface area contributed by atoms with E-state index in [9.17, 15) is 8.78 Å². The van der Waals surface area contributed by atoms with Gasteiger partial charge in [-0.15, -0.1) is 21.5 Å². The summed E-state index contributed by atoms with van der Waals surface area (Å²) >= 11 is 1.37. The lowest BCUT2D eigenvalue weighted by molar-refractivity contribution is 0.561. The monoisotopic (exact) mass is 269 g/mol. The van der Waals surface area contributed by atoms with E-state index in [1.165, 1.54) is 29.5 Å². The molecule has 0 atom stereocenters. The number of aryl methyl sites for hydroxylation is 1. The average molecular weight is 269 g/mol. The smallest absolute Gasteiger partial charge is 0.129 e. The maximum absolute atomic E-state index is 13.4. The molecule has 0 aliphatic carbocycles. The maximum Gasteiger partial charge on any atom is 0.129 e. The van der Waals surface area contributed by atoms with Crippen molar-refractivity contribution in [3.63, 3.8) is 0 Å². The van der Waals surface area contributed by atoms with E-state index >= 15 is 0 Å². The summed E-state index contributed by atoms with van der Waals surface area (Å²) in [4.78, 5) is 0. The molecule has 0 saturated carbocycles. The molecule has 3 nitrogen and oxygen atoms in total. The predicted octanol–water partition coefficient (Wildman–Crippen LogP) is 2.30. The highest BCUT2D eigenvalue weighted by molar-refractivity contribution is 7.11. The van der Waals surface area contributed by atoms with Crippen LogP contribution in [0.1, 0.15) is 22.0 Å². The Morgan fingerprint density at radius 3 is 2.44 bits per heavy atom. The van der Waals surface area contributed by atoms with Gasteiger partial charge < -0.3 is 5.73 Å². The van der Waals surface area contributed by atoms with Gasteiger partial charge in [0.05, 0.1) is 0 Å². The van der Waals surface area contributed by atoms with Crippen LogP contribution in [0.5, 0.6) is 0 Å². The lowest BCUT2D eigenvalue weighted by Gasteiger charge is -2.01. The third-order valence-corrected chi connectivity index (χ3v) is 3.48. The molecule has 2 rings (SSSR count). The van der Waals surface area contributed by atoms with Gasteiger partial charge >= 0.3 is 0 Å². The molecule has 1 aromatic carbocycles. The predicted molar refractivity (Wildman–Crippen MR) is 66.4 cm³/mol. The Bertz CT molecular complexity index is 508. The van der Waals surface area contributed by atoms with E-state index in [0.29, 0.717) is 11.6 Å². The SMILES string of the molecule is NCCCc1nnc(Cc2c(F)cccc2F)s1. The van der Waals surface area contributed by atoms with Crippen molar-refractivity contribution in [3.8, 4) is 0 Å². The molecule has 1 aromatic heterocycles. The molecule has 18 heavy (non-hydrogen) atoms. The summed E-state index contributed by atoms with van der Waals surface area (Å²) in [5.41, 5.74) is 5.44. The number of benzene rings is 1. The first-order valence-corrected chi connectivity index (χ1v) is 6.46. The summed E-state index contributed by atoms with van der Waals surface area (Å²) in [6, 6.07) is 3.84. The molecule has 0 saturated heterocycles. The number of nitrogens with zero attached hydrogens (tertiary/aromatic N) is 2. The Hall–Kier alpha value is -1.40. The van der Waals surface area contributed by atoms with Crippen molar-refractivity contribution in [2.75, 3.05) is 6.54 Å². The lowest BCUT2D eigenvalue weighted by Crippen LogP contribution is -1.99. The molecule has 0 spiro atoms. The van der Waals surface area contributed by atoms with E-state index in [0.717, 1.165) is 17.8 Å². The third-order valence-electron chi connectivity index (χ3n) is 2.49. The number of hydrogen-bond donors (Lipinski definition) is 1. The van der Waals surface area contributed by atoms with Crippen molar-refractivity contribution in [3.05, 3.63) is 45.4 Å². The maximum atomic E-state index is 13.4. The van der Waals surface area contributed by atoms with Crippen molar-refractivity contribution in [1.82, 2.24) is 10.2 Å². The fourth-order valence-corrected chi connectivity index (χ4v) is 2.46. The van der Waals surface area contributed by atoms with Gasteiger partial charge in [0.1, 0.15) is 21.6 Å². The molecule has 0 aliphatic rings. The van der Waals surface area contributed by atoms with Gasteiger partial charge in [-0.1, -0.05) is 6.07 Å². The van der Waals surface area contributed by atoms with Crippen molar-refractivity contribution < 1.29 is 8.78 Å². The van der Waals surface area contributed by atoms with Crippen LogP contribution in [0.4, 0.5) is 8.78 Å². The average Bonchev–Trinajstić information content (AvgIpc) is 2.79. The van der Waals surface area contributed by atoms with E-state index < -0.39 is 11.6 Å². The molecule has 0 bridgehead atoms. The second-order valence-electron chi connectivity index (χ2n) is 3.86. The van der Waals surface area contributed by atoms with Gasteiger partial charge in [0.2, 0.25) is 0 Å². The second-order valence-corrected chi connectivity index (χ2v) is 5.01. The summed E-state index contributed by atoms with van der Waals surface area (Å²) in [6.45, 7) is 0.594. The first kappa shape index (κ1) is 13.0. The second kappa shape index (κ2) is 5.97. The highest BCUT2D eigenvalue weighted by Crippen LogP contribution is 2.19. The fourth-order valence-electron chi connectivity index (χ4n) is 1.57. The zero-order chi connectivity index (χ0) is 13.0. The Balaban J connectivity index is 2.11. The van der Waals surface area contributed by atoms with Crippen molar-refractivity contribution in [1.29, 1.82) is 0 Å². The molecular weight excluding hydrogens is 256 g/mol. The molecule has 0 amide bonds. The quantitative estimate of drug-likeness (QED) is 0.906. The zero-order valence-electron chi connectivity index (χ0n) is 9.70. The van der Waals surface area contributed by atoms with Crippen LogP contribution in [-0.2, 0) is 12.8 Å². The molecule has 0 aliphatic heterocycles. The fraction of sp³-hybridized carbons (Fsp3) is 0.333. The van der Waals surface area contributed by atoms with Crippen LogP contribution in [0.3, 0.4) is 0 Å². The molecule has 96 valence electrons. The molecule has 0 unspecified atom stereocenters. The summed E-state index contributed by atoms with van der Waals surface area (Å²) in [5.74, 6) is -1.09. The van der Waals surface area contributed by atoms with Crippen LogP contribution in [0.2, 0.25) is 0 Å². The van der Waals surface area contributed by atoms with Crippen LogP contribution in [0, 0.1) is 11.6 Å². The van der Waals surface area contributed by atoms with Crippen LogP contribution in [0.15, 0.2) is 18.2 Å². The first-order chi connectivity index (χ1) is 8.70. The van der Waals surface area contributed by atoms with E-state index in [2.05, 4.69) is 10.2 Å². The van der Waals surface area contributed by atoms with Crippen LogP contribution < -0.4 is 5.73 Å². The largest absolute Gasteiger partial charge is 0.330 e. The number of halogens is 2. The Morgan fingerprint density at radius 1 is 1.11 bits per heavy atom. The van der Waals surface area contributed by atoms with Crippen molar-refractivity contribution in [2.45, 2.75) is 19.3 Å². The number of aromatic nitrogens is 2. The van der Waals surface area contributed by atoms with Gasteiger partial charge in [-0.05, 0) is 25.1 Å². The molecule has 2 aromatic rings. The standard InChI is InChI=1S/C12H13F2N3S/c13-9-3-1-4-10(14)8(9)7-12-17-16-11(18-12)5-2-6-15/h1,3-4H,2,5-7,15H2. The summed E-state index contributed by atoms with van der Waals surface area (Å²) in [7, 11) is 0. The van der Waals surface area contributed by atoms with E-state index in [-0.39, 0.29) is 12.0 Å². The highest BCUT2D eigenvalue weighted by Gasteiger charge is 2.12. The van der Waals surface area contributed by atoms with Crippen LogP contribution in [-0.4, -0.2) is 16.7 Å². The number of nitrogens with two attached hydrogens (primary N) is 1. The van der Waals surface area contributed by atoms with Gasteiger partial charge in [-0.2, -0.15) is 0 Å². The first-order valence-electron chi connectivity index (χ1n) is 5.65. The number of rotatable bonds is 5. The van der Waals surface area contributed by atoms with Gasteiger partial charge in [0.15, 0.2) is 0 Å². The molecular formula is C12H13F2N3S. The molecule has 0 fully saturated rings. The van der Waals surface area contributed by atoms with E-state index in [1.807, 2.05) is 0 Å². The minimum atomic E-state index is -0.547. The zero-order valence-corrected chi connectivity index (χ0v) is 10.5. The molecule has 1 heterocycles. The van der Waals surface area contributed by atoms with E-state index in [4.69, 9.17) is 5.73 Å².